The Labute approximate surface area is 212 Å². The molecule has 4 aliphatic carbocycles. The molecule has 4 aliphatic rings. The molecule has 0 radical (unpaired) electrons. The normalized spacial score (nSPS) is 38.5. The number of carbonyl (C=O) groups is 1. The molecule has 36 heavy (non-hydrogen) atoms. The third-order valence-electron chi connectivity index (χ3n) is 10.1. The van der Waals surface area contributed by atoms with Crippen LogP contribution in [0.1, 0.15) is 72.1 Å². The first-order chi connectivity index (χ1) is 16.9. The second-order valence-electron chi connectivity index (χ2n) is 12.1. The summed E-state index contributed by atoms with van der Waals surface area (Å²) in [5.74, 6) is 1.91. The van der Waals surface area contributed by atoms with Crippen LogP contribution in [0.2, 0.25) is 0 Å². The van der Waals surface area contributed by atoms with Gasteiger partial charge in [0.2, 0.25) is 0 Å². The number of likely N-dealkylation sites (N-methyl/N-ethyl adjacent to an activating group) is 1. The van der Waals surface area contributed by atoms with Gasteiger partial charge in [0, 0.05) is 19.0 Å². The molecule has 0 aromatic rings. The predicted octanol–water partition coefficient (Wildman–Crippen LogP) is 5.52. The number of oxime groups is 1. The molecular formula is C27H42F3N3O3. The minimum atomic E-state index is -4.50. The molecule has 0 aromatic heterocycles. The van der Waals surface area contributed by atoms with Crippen molar-refractivity contribution in [2.75, 3.05) is 26.7 Å². The van der Waals surface area contributed by atoms with E-state index in [-0.39, 0.29) is 35.9 Å². The number of hydrogen-bond donors (Lipinski definition) is 2. The molecule has 7 atom stereocenters. The minimum Gasteiger partial charge on any atom is -0.393 e. The first kappa shape index (κ1) is 27.4. The molecule has 0 bridgehead atoms. The van der Waals surface area contributed by atoms with Crippen LogP contribution in [0.4, 0.5) is 18.0 Å². The summed E-state index contributed by atoms with van der Waals surface area (Å²) in [5.41, 5.74) is 2.36. The number of halogens is 3. The smallest absolute Gasteiger partial charge is 0.393 e. The van der Waals surface area contributed by atoms with Gasteiger partial charge in [0.25, 0.3) is 0 Å². The molecule has 204 valence electrons. The van der Waals surface area contributed by atoms with Crippen LogP contribution in [-0.4, -0.2) is 60.8 Å². The van der Waals surface area contributed by atoms with Crippen molar-refractivity contribution in [1.29, 1.82) is 0 Å². The quantitative estimate of drug-likeness (QED) is 0.212. The van der Waals surface area contributed by atoms with Crippen molar-refractivity contribution in [2.24, 2.45) is 39.7 Å². The number of rotatable bonds is 6. The molecule has 6 nitrogen and oxygen atoms in total. The standard InChI is InChI=1S/C27H42F3N3O3/c1-17(32-36-24(35)33(14-13-31-4)16-27(28,29)30)21-7-8-22-20-6-5-18-15-19(34)9-11-25(18,2)23(20)10-12-26(21,22)3/h5,19-23,31,34H,6-16H2,1-4H3/b32-17+/t19-,20-,21+,22-,23-,25-,26+/m0/s1. The Hall–Kier alpha value is -1.61. The zero-order valence-electron chi connectivity index (χ0n) is 22.0. The van der Waals surface area contributed by atoms with E-state index in [0.29, 0.717) is 28.4 Å². The molecule has 0 saturated heterocycles. The van der Waals surface area contributed by atoms with Crippen LogP contribution < -0.4 is 5.32 Å². The Morgan fingerprint density at radius 3 is 2.67 bits per heavy atom. The van der Waals surface area contributed by atoms with E-state index in [9.17, 15) is 23.1 Å². The summed E-state index contributed by atoms with van der Waals surface area (Å²) in [6.07, 6.45) is 4.66. The van der Waals surface area contributed by atoms with Gasteiger partial charge >= 0.3 is 12.3 Å². The molecular weight excluding hydrogens is 471 g/mol. The monoisotopic (exact) mass is 513 g/mol. The molecule has 0 unspecified atom stereocenters. The Kier molecular flexibility index (Phi) is 7.83. The first-order valence-corrected chi connectivity index (χ1v) is 13.5. The van der Waals surface area contributed by atoms with Gasteiger partial charge in [-0.05, 0) is 93.9 Å². The van der Waals surface area contributed by atoms with Crippen molar-refractivity contribution in [1.82, 2.24) is 10.2 Å². The second kappa shape index (κ2) is 10.3. The number of fused-ring (bicyclic) bond motifs is 5. The van der Waals surface area contributed by atoms with Gasteiger partial charge in [-0.3, -0.25) is 9.74 Å². The van der Waals surface area contributed by atoms with Gasteiger partial charge in [-0.2, -0.15) is 13.2 Å². The Morgan fingerprint density at radius 1 is 1.22 bits per heavy atom. The Balaban J connectivity index is 1.46. The molecule has 3 saturated carbocycles. The van der Waals surface area contributed by atoms with E-state index in [1.165, 1.54) is 5.57 Å². The van der Waals surface area contributed by atoms with Crippen LogP contribution in [0, 0.1) is 34.5 Å². The summed E-state index contributed by atoms with van der Waals surface area (Å²) in [5, 5.41) is 17.1. The van der Waals surface area contributed by atoms with Crippen LogP contribution in [0.15, 0.2) is 16.8 Å². The highest BCUT2D eigenvalue weighted by atomic mass is 19.4. The fourth-order valence-electron chi connectivity index (χ4n) is 8.26. The second-order valence-corrected chi connectivity index (χ2v) is 12.1. The van der Waals surface area contributed by atoms with E-state index in [2.05, 4.69) is 30.4 Å². The minimum absolute atomic E-state index is 0.0365. The summed E-state index contributed by atoms with van der Waals surface area (Å²) in [6.45, 7) is 5.35. The number of nitrogens with one attached hydrogen (secondary N) is 1. The average Bonchev–Trinajstić information content (AvgIpc) is 3.17. The summed E-state index contributed by atoms with van der Waals surface area (Å²) < 4.78 is 38.8. The molecule has 0 aromatic carbocycles. The maximum atomic E-state index is 12.9. The molecule has 4 rings (SSSR count). The van der Waals surface area contributed by atoms with E-state index >= 15 is 0 Å². The van der Waals surface area contributed by atoms with Gasteiger partial charge < -0.3 is 10.4 Å². The summed E-state index contributed by atoms with van der Waals surface area (Å²) in [7, 11) is 1.62. The topological polar surface area (TPSA) is 74.2 Å². The fraction of sp³-hybridized carbons (Fsp3) is 0.852. The average molecular weight is 514 g/mol. The van der Waals surface area contributed by atoms with Gasteiger partial charge in [-0.1, -0.05) is 30.7 Å². The zero-order valence-corrected chi connectivity index (χ0v) is 22.0. The van der Waals surface area contributed by atoms with E-state index < -0.39 is 18.8 Å². The Morgan fingerprint density at radius 2 is 1.97 bits per heavy atom. The number of allylic oxidation sites excluding steroid dienone is 1. The number of aliphatic hydroxyl groups excluding tert-OH is 1. The van der Waals surface area contributed by atoms with Gasteiger partial charge in [0.1, 0.15) is 6.54 Å². The van der Waals surface area contributed by atoms with Crippen molar-refractivity contribution in [3.63, 3.8) is 0 Å². The third-order valence-corrected chi connectivity index (χ3v) is 10.1. The van der Waals surface area contributed by atoms with Crippen LogP contribution in [-0.2, 0) is 4.84 Å². The number of aliphatic hydroxyl groups is 1. The van der Waals surface area contributed by atoms with Gasteiger partial charge in [0.05, 0.1) is 11.8 Å². The zero-order chi connectivity index (χ0) is 26.3. The lowest BCUT2D eigenvalue weighted by Gasteiger charge is -2.58. The van der Waals surface area contributed by atoms with Crippen LogP contribution in [0.5, 0.6) is 0 Å². The highest BCUT2D eigenvalue weighted by molar-refractivity contribution is 5.85. The number of nitrogens with zero attached hydrogens (tertiary/aromatic N) is 2. The highest BCUT2D eigenvalue weighted by Gasteiger charge is 2.59. The third kappa shape index (κ3) is 5.19. The Bertz CT molecular complexity index is 891. The number of hydrogen-bond acceptors (Lipinski definition) is 5. The summed E-state index contributed by atoms with van der Waals surface area (Å²) in [6, 6.07) is 0. The van der Waals surface area contributed by atoms with Crippen LogP contribution in [0.25, 0.3) is 0 Å². The van der Waals surface area contributed by atoms with Crippen LogP contribution >= 0.6 is 0 Å². The number of carbonyl (C=O) groups excluding carboxylic acids is 1. The van der Waals surface area contributed by atoms with E-state index in [4.69, 9.17) is 4.84 Å². The molecule has 3 fully saturated rings. The number of alkyl halides is 3. The van der Waals surface area contributed by atoms with Crippen molar-refractivity contribution < 1.29 is 27.9 Å². The molecule has 0 aliphatic heterocycles. The lowest BCUT2D eigenvalue weighted by atomic mass is 9.47. The maximum absolute atomic E-state index is 12.9. The van der Waals surface area contributed by atoms with Gasteiger partial charge in [-0.15, -0.1) is 0 Å². The lowest BCUT2D eigenvalue weighted by molar-refractivity contribution is -0.142. The van der Waals surface area contributed by atoms with Crippen LogP contribution in [0.3, 0.4) is 0 Å². The molecule has 9 heteroatoms. The van der Waals surface area contributed by atoms with Crippen molar-refractivity contribution in [3.8, 4) is 0 Å². The lowest BCUT2D eigenvalue weighted by Crippen LogP contribution is -2.51. The summed E-state index contributed by atoms with van der Waals surface area (Å²) in [4.78, 5) is 18.1. The molecule has 1 amide bonds. The molecule has 0 heterocycles. The van der Waals surface area contributed by atoms with Gasteiger partial charge in [-0.25, -0.2) is 4.79 Å². The fourth-order valence-corrected chi connectivity index (χ4v) is 8.26. The van der Waals surface area contributed by atoms with Crippen molar-refractivity contribution >= 4 is 11.8 Å². The predicted molar refractivity (Wildman–Crippen MR) is 132 cm³/mol. The van der Waals surface area contributed by atoms with E-state index in [0.717, 1.165) is 51.4 Å². The van der Waals surface area contributed by atoms with Gasteiger partial charge in [0.15, 0.2) is 0 Å². The largest absolute Gasteiger partial charge is 0.436 e. The highest BCUT2D eigenvalue weighted by Crippen LogP contribution is 2.66. The molecule has 2 N–H and O–H groups in total. The van der Waals surface area contributed by atoms with E-state index in [1.807, 2.05) is 6.92 Å². The first-order valence-electron chi connectivity index (χ1n) is 13.5. The van der Waals surface area contributed by atoms with E-state index in [1.54, 1.807) is 7.05 Å². The molecule has 0 spiro atoms. The summed E-state index contributed by atoms with van der Waals surface area (Å²) >= 11 is 0. The van der Waals surface area contributed by atoms with Crippen molar-refractivity contribution in [3.05, 3.63) is 11.6 Å². The maximum Gasteiger partial charge on any atom is 0.436 e. The SMILES string of the molecule is CNCCN(CC(F)(F)F)C(=O)O/N=C(\C)[C@H]1CC[C@H]2[C@@H]3CC=C4C[C@@H](O)CC[C@]4(C)[C@H]3CC[C@]12C. The number of amides is 1. The van der Waals surface area contributed by atoms with Crippen molar-refractivity contribution in [2.45, 2.75) is 84.4 Å².